The highest BCUT2D eigenvalue weighted by Crippen LogP contribution is 2.48. The SMILES string of the molecule is CS(=O)(=O)N(c1cc2oc(-c3ccc(Oc4ccc(F)cc4)cc3)c(C(=O)O)c2cc1C1CC1)C1CCNCC1. The second kappa shape index (κ2) is 10.3. The van der Waals surface area contributed by atoms with E-state index in [2.05, 4.69) is 5.32 Å². The number of nitrogens with zero attached hydrogens (tertiary/aromatic N) is 1. The van der Waals surface area contributed by atoms with Crippen LogP contribution in [-0.4, -0.2) is 44.9 Å². The Morgan fingerprint density at radius 1 is 1.00 bits per heavy atom. The third-order valence-corrected chi connectivity index (χ3v) is 8.68. The zero-order valence-corrected chi connectivity index (χ0v) is 22.7. The molecule has 1 saturated heterocycles. The molecule has 0 spiro atoms. The topological polar surface area (TPSA) is 109 Å². The van der Waals surface area contributed by atoms with Crippen LogP contribution in [0.5, 0.6) is 11.5 Å². The Morgan fingerprint density at radius 3 is 2.20 bits per heavy atom. The van der Waals surface area contributed by atoms with Crippen LogP contribution in [0, 0.1) is 5.82 Å². The molecule has 0 amide bonds. The maximum absolute atomic E-state index is 13.2. The number of carboxylic acid groups (broad SMARTS) is 1. The van der Waals surface area contributed by atoms with Crippen molar-refractivity contribution in [3.63, 3.8) is 0 Å². The lowest BCUT2D eigenvalue weighted by molar-refractivity contribution is 0.0699. The quantitative estimate of drug-likeness (QED) is 0.265. The number of furan rings is 1. The molecule has 208 valence electrons. The molecule has 1 saturated carbocycles. The largest absolute Gasteiger partial charge is 0.478 e. The standard InChI is InChI=1S/C30H29FN2O6S/c1-40(36,37)33(21-12-14-32-15-13-21)26-17-27-25(16-24(26)18-2-3-18)28(30(34)35)29(39-27)19-4-8-22(9-5-19)38-23-10-6-20(31)7-11-23/h4-11,16-18,21,32H,2-3,12-15H2,1H3,(H,34,35). The Bertz CT molecular complexity index is 1670. The van der Waals surface area contributed by atoms with E-state index >= 15 is 0 Å². The lowest BCUT2D eigenvalue weighted by Gasteiger charge is -2.35. The summed E-state index contributed by atoms with van der Waals surface area (Å²) in [5, 5.41) is 13.9. The fourth-order valence-corrected chi connectivity index (χ4v) is 6.74. The van der Waals surface area contributed by atoms with Crippen molar-refractivity contribution < 1.29 is 31.9 Å². The van der Waals surface area contributed by atoms with Crippen LogP contribution in [-0.2, 0) is 10.0 Å². The van der Waals surface area contributed by atoms with Gasteiger partial charge in [0.05, 0.1) is 11.9 Å². The van der Waals surface area contributed by atoms with Gasteiger partial charge in [0.1, 0.15) is 34.2 Å². The number of rotatable bonds is 8. The average Bonchev–Trinajstić information content (AvgIpc) is 3.70. The number of carboxylic acids is 1. The molecule has 10 heteroatoms. The Morgan fingerprint density at radius 2 is 1.62 bits per heavy atom. The number of hydrogen-bond donors (Lipinski definition) is 2. The van der Waals surface area contributed by atoms with Gasteiger partial charge in [0.25, 0.3) is 0 Å². The van der Waals surface area contributed by atoms with Crippen LogP contribution < -0.4 is 14.4 Å². The number of sulfonamides is 1. The molecule has 0 atom stereocenters. The molecule has 2 N–H and O–H groups in total. The van der Waals surface area contributed by atoms with Gasteiger partial charge in [-0.15, -0.1) is 0 Å². The van der Waals surface area contributed by atoms with E-state index in [0.29, 0.717) is 46.6 Å². The van der Waals surface area contributed by atoms with Crippen molar-refractivity contribution in [1.29, 1.82) is 0 Å². The van der Waals surface area contributed by atoms with Crippen LogP contribution in [0.2, 0.25) is 0 Å². The van der Waals surface area contributed by atoms with Crippen molar-refractivity contribution in [2.24, 2.45) is 0 Å². The van der Waals surface area contributed by atoms with Gasteiger partial charge in [0.2, 0.25) is 10.0 Å². The van der Waals surface area contributed by atoms with Gasteiger partial charge in [-0.1, -0.05) is 0 Å². The summed E-state index contributed by atoms with van der Waals surface area (Å²) in [6.45, 7) is 1.46. The summed E-state index contributed by atoms with van der Waals surface area (Å²) >= 11 is 0. The number of anilines is 1. The highest BCUT2D eigenvalue weighted by atomic mass is 32.2. The summed E-state index contributed by atoms with van der Waals surface area (Å²) in [6, 6.07) is 15.7. The molecular formula is C30H29FN2O6S. The van der Waals surface area contributed by atoms with Crippen molar-refractivity contribution in [2.45, 2.75) is 37.6 Å². The smallest absolute Gasteiger partial charge is 0.340 e. The molecule has 3 aromatic carbocycles. The summed E-state index contributed by atoms with van der Waals surface area (Å²) in [5.74, 6) is -0.179. The number of hydrogen-bond acceptors (Lipinski definition) is 6. The Labute approximate surface area is 231 Å². The molecule has 8 nitrogen and oxygen atoms in total. The van der Waals surface area contributed by atoms with Crippen molar-refractivity contribution >= 4 is 32.6 Å². The Hall–Kier alpha value is -3.89. The molecule has 1 aliphatic carbocycles. The number of carbonyl (C=O) groups is 1. The van der Waals surface area contributed by atoms with Gasteiger partial charge in [-0.2, -0.15) is 0 Å². The lowest BCUT2D eigenvalue weighted by atomic mass is 9.99. The van der Waals surface area contributed by atoms with Gasteiger partial charge in [0, 0.05) is 23.1 Å². The number of benzene rings is 3. The van der Waals surface area contributed by atoms with Crippen LogP contribution in [0.25, 0.3) is 22.3 Å². The fourth-order valence-electron chi connectivity index (χ4n) is 5.48. The van der Waals surface area contributed by atoms with E-state index in [0.717, 1.165) is 31.5 Å². The fraction of sp³-hybridized carbons (Fsp3) is 0.300. The average molecular weight is 565 g/mol. The monoisotopic (exact) mass is 564 g/mol. The van der Waals surface area contributed by atoms with E-state index in [1.54, 1.807) is 30.3 Å². The molecule has 4 aromatic rings. The lowest BCUT2D eigenvalue weighted by Crippen LogP contribution is -2.46. The molecule has 40 heavy (non-hydrogen) atoms. The predicted octanol–water partition coefficient (Wildman–Crippen LogP) is 6.12. The first-order valence-electron chi connectivity index (χ1n) is 13.3. The van der Waals surface area contributed by atoms with Crippen molar-refractivity contribution in [1.82, 2.24) is 5.32 Å². The first-order chi connectivity index (χ1) is 19.2. The normalized spacial score (nSPS) is 16.2. The zero-order valence-electron chi connectivity index (χ0n) is 21.9. The minimum Gasteiger partial charge on any atom is -0.478 e. The van der Waals surface area contributed by atoms with Gasteiger partial charge in [0.15, 0.2) is 0 Å². The third kappa shape index (κ3) is 5.16. The maximum Gasteiger partial charge on any atom is 0.340 e. The number of halogens is 1. The second-order valence-corrected chi connectivity index (χ2v) is 12.3. The summed E-state index contributed by atoms with van der Waals surface area (Å²) in [6.07, 6.45) is 4.44. The molecule has 0 unspecified atom stereocenters. The van der Waals surface area contributed by atoms with E-state index in [9.17, 15) is 22.7 Å². The van der Waals surface area contributed by atoms with Gasteiger partial charge in [-0.25, -0.2) is 17.6 Å². The zero-order chi connectivity index (χ0) is 28.0. The summed E-state index contributed by atoms with van der Waals surface area (Å²) < 4.78 is 52.8. The van der Waals surface area contributed by atoms with Crippen LogP contribution in [0.15, 0.2) is 65.1 Å². The molecule has 6 rings (SSSR count). The molecule has 2 heterocycles. The number of nitrogens with one attached hydrogen (secondary N) is 1. The molecular weight excluding hydrogens is 535 g/mol. The first-order valence-corrected chi connectivity index (χ1v) is 15.1. The molecule has 2 fully saturated rings. The highest BCUT2D eigenvalue weighted by molar-refractivity contribution is 7.92. The van der Waals surface area contributed by atoms with Crippen molar-refractivity contribution in [3.05, 3.63) is 77.6 Å². The van der Waals surface area contributed by atoms with E-state index in [1.165, 1.54) is 34.8 Å². The van der Waals surface area contributed by atoms with Crippen molar-refractivity contribution in [3.8, 4) is 22.8 Å². The minimum atomic E-state index is -3.61. The van der Waals surface area contributed by atoms with Crippen LogP contribution in [0.1, 0.15) is 47.5 Å². The number of fused-ring (bicyclic) bond motifs is 1. The van der Waals surface area contributed by atoms with Crippen LogP contribution in [0.3, 0.4) is 0 Å². The van der Waals surface area contributed by atoms with Gasteiger partial charge in [-0.3, -0.25) is 4.31 Å². The van der Waals surface area contributed by atoms with E-state index in [-0.39, 0.29) is 29.1 Å². The number of aromatic carboxylic acids is 1. The summed E-state index contributed by atoms with van der Waals surface area (Å²) in [5.41, 5.74) is 2.30. The van der Waals surface area contributed by atoms with Gasteiger partial charge < -0.3 is 19.6 Å². The molecule has 2 aliphatic rings. The van der Waals surface area contributed by atoms with Crippen molar-refractivity contribution in [2.75, 3.05) is 23.7 Å². The molecule has 0 radical (unpaired) electrons. The third-order valence-electron chi connectivity index (χ3n) is 7.47. The summed E-state index contributed by atoms with van der Waals surface area (Å²) in [7, 11) is -3.61. The number of piperidine rings is 1. The second-order valence-electron chi connectivity index (χ2n) is 10.4. The first kappa shape index (κ1) is 26.3. The maximum atomic E-state index is 13.2. The van der Waals surface area contributed by atoms with E-state index in [1.807, 2.05) is 6.07 Å². The van der Waals surface area contributed by atoms with Crippen LogP contribution >= 0.6 is 0 Å². The van der Waals surface area contributed by atoms with Crippen LogP contribution in [0.4, 0.5) is 10.1 Å². The summed E-state index contributed by atoms with van der Waals surface area (Å²) in [4.78, 5) is 12.5. The molecule has 0 bridgehead atoms. The minimum absolute atomic E-state index is 0.0309. The number of ether oxygens (including phenoxy) is 1. The van der Waals surface area contributed by atoms with E-state index in [4.69, 9.17) is 9.15 Å². The van der Waals surface area contributed by atoms with Gasteiger partial charge in [-0.05, 0) is 105 Å². The molecule has 1 aromatic heterocycles. The van der Waals surface area contributed by atoms with Gasteiger partial charge >= 0.3 is 5.97 Å². The van der Waals surface area contributed by atoms with E-state index < -0.39 is 16.0 Å². The highest BCUT2D eigenvalue weighted by Gasteiger charge is 2.36. The molecule has 1 aliphatic heterocycles. The Balaban J connectivity index is 1.43. The predicted molar refractivity (Wildman–Crippen MR) is 150 cm³/mol. The Kier molecular flexibility index (Phi) is 6.75.